The number of benzene rings is 1. The minimum Gasteiger partial charge on any atom is -0.508 e. The van der Waals surface area contributed by atoms with E-state index in [1.165, 1.54) is 0 Å². The Bertz CT molecular complexity index is 760. The minimum atomic E-state index is -0.216. The first-order valence-electron chi connectivity index (χ1n) is 6.83. The summed E-state index contributed by atoms with van der Waals surface area (Å²) in [5.41, 5.74) is 5.57. The van der Waals surface area contributed by atoms with Crippen molar-refractivity contribution in [3.05, 3.63) is 58.4 Å². The first kappa shape index (κ1) is 14.4. The van der Waals surface area contributed by atoms with E-state index in [0.29, 0.717) is 22.9 Å². The third-order valence-corrected chi connectivity index (χ3v) is 3.63. The minimum absolute atomic E-state index is 0.216. The number of phenolic OH excluding ortho intramolecular Hbond substituents is 1. The second kappa shape index (κ2) is 6.07. The molecule has 0 bridgehead atoms. The summed E-state index contributed by atoms with van der Waals surface area (Å²) in [6.07, 6.45) is 3.10. The van der Waals surface area contributed by atoms with Crippen molar-refractivity contribution in [1.29, 1.82) is 0 Å². The molecule has 0 saturated heterocycles. The lowest BCUT2D eigenvalue weighted by molar-refractivity contribution is -0.116. The Hall–Kier alpha value is -2.53. The Kier molecular flexibility index (Phi) is 3.98. The van der Waals surface area contributed by atoms with Crippen LogP contribution in [-0.2, 0) is 11.2 Å². The summed E-state index contributed by atoms with van der Waals surface area (Å²) in [5, 5.41) is 13.9. The molecule has 0 unspecified atom stereocenters. The van der Waals surface area contributed by atoms with E-state index in [1.807, 2.05) is 12.1 Å². The first-order valence-corrected chi connectivity index (χ1v) is 7.21. The Morgan fingerprint density at radius 3 is 2.59 bits per heavy atom. The highest BCUT2D eigenvalue weighted by atomic mass is 35.5. The molecular weight excluding hydrogens is 302 g/mol. The van der Waals surface area contributed by atoms with Gasteiger partial charge in [0.2, 0.25) is 0 Å². The molecule has 5 nitrogen and oxygen atoms in total. The quantitative estimate of drug-likeness (QED) is 0.759. The van der Waals surface area contributed by atoms with Crippen molar-refractivity contribution in [2.75, 3.05) is 0 Å². The van der Waals surface area contributed by atoms with Crippen LogP contribution in [0.5, 0.6) is 5.75 Å². The van der Waals surface area contributed by atoms with Crippen LogP contribution in [0.2, 0.25) is 5.15 Å². The Morgan fingerprint density at radius 2 is 1.91 bits per heavy atom. The molecule has 0 fully saturated rings. The molecule has 1 amide bonds. The fourth-order valence-electron chi connectivity index (χ4n) is 2.26. The summed E-state index contributed by atoms with van der Waals surface area (Å²) in [6, 6.07) is 10.5. The predicted molar refractivity (Wildman–Crippen MR) is 85.8 cm³/mol. The number of hydrogen-bond donors (Lipinski definition) is 3. The average molecular weight is 316 g/mol. The van der Waals surface area contributed by atoms with Gasteiger partial charge < -0.3 is 10.1 Å². The van der Waals surface area contributed by atoms with Crippen molar-refractivity contribution >= 4 is 29.3 Å². The van der Waals surface area contributed by atoms with Crippen molar-refractivity contribution in [3.63, 3.8) is 0 Å². The van der Waals surface area contributed by atoms with E-state index < -0.39 is 0 Å². The zero-order valence-electron chi connectivity index (χ0n) is 11.6. The van der Waals surface area contributed by atoms with E-state index in [2.05, 4.69) is 15.5 Å². The molecule has 3 N–H and O–H groups in total. The summed E-state index contributed by atoms with van der Waals surface area (Å²) < 4.78 is 0. The molecule has 6 heteroatoms. The number of halogens is 1. The van der Waals surface area contributed by atoms with Gasteiger partial charge in [-0.25, -0.2) is 5.43 Å². The number of amides is 1. The monoisotopic (exact) mass is 315 g/mol. The number of aromatic amines is 1. The van der Waals surface area contributed by atoms with E-state index >= 15 is 0 Å². The molecule has 0 spiro atoms. The van der Waals surface area contributed by atoms with Gasteiger partial charge in [-0.05, 0) is 48.7 Å². The number of aromatic hydroxyl groups is 1. The molecule has 3 rings (SSSR count). The average Bonchev–Trinajstić information content (AvgIpc) is 3.06. The predicted octanol–water partition coefficient (Wildman–Crippen LogP) is 2.88. The largest absolute Gasteiger partial charge is 0.508 e. The SMILES string of the molecule is O=C1NN=C(CCc2ccc(O)cc2)C1=Cc1ccc(Cl)[nH]1. The third kappa shape index (κ3) is 3.20. The van der Waals surface area contributed by atoms with Crippen LogP contribution in [0.3, 0.4) is 0 Å². The molecule has 1 aliphatic rings. The van der Waals surface area contributed by atoms with Crippen LogP contribution in [0.25, 0.3) is 6.08 Å². The molecule has 2 aromatic rings. The maximum Gasteiger partial charge on any atom is 0.273 e. The maximum absolute atomic E-state index is 11.9. The molecule has 2 heterocycles. The van der Waals surface area contributed by atoms with Gasteiger partial charge in [0, 0.05) is 5.69 Å². The van der Waals surface area contributed by atoms with Gasteiger partial charge in [0.1, 0.15) is 10.9 Å². The second-order valence-electron chi connectivity index (χ2n) is 4.99. The summed E-state index contributed by atoms with van der Waals surface area (Å²) in [6.45, 7) is 0. The highest BCUT2D eigenvalue weighted by Crippen LogP contribution is 2.18. The topological polar surface area (TPSA) is 77.5 Å². The van der Waals surface area contributed by atoms with Gasteiger partial charge in [0.15, 0.2) is 0 Å². The summed E-state index contributed by atoms with van der Waals surface area (Å²) >= 11 is 5.84. The van der Waals surface area contributed by atoms with Gasteiger partial charge in [0.25, 0.3) is 5.91 Å². The number of nitrogens with one attached hydrogen (secondary N) is 2. The lowest BCUT2D eigenvalue weighted by atomic mass is 10.0. The molecule has 22 heavy (non-hydrogen) atoms. The van der Waals surface area contributed by atoms with E-state index in [-0.39, 0.29) is 11.7 Å². The molecule has 0 atom stereocenters. The van der Waals surface area contributed by atoms with Gasteiger partial charge in [0.05, 0.1) is 11.3 Å². The van der Waals surface area contributed by atoms with Crippen molar-refractivity contribution in [3.8, 4) is 5.75 Å². The number of hydrazone groups is 1. The fourth-order valence-corrected chi connectivity index (χ4v) is 2.43. The van der Waals surface area contributed by atoms with Crippen molar-refractivity contribution in [2.45, 2.75) is 12.8 Å². The van der Waals surface area contributed by atoms with Crippen LogP contribution < -0.4 is 5.43 Å². The maximum atomic E-state index is 11.9. The van der Waals surface area contributed by atoms with E-state index in [0.717, 1.165) is 17.7 Å². The van der Waals surface area contributed by atoms with Gasteiger partial charge in [-0.3, -0.25) is 4.79 Å². The first-order chi connectivity index (χ1) is 10.6. The summed E-state index contributed by atoms with van der Waals surface area (Å²) in [5.74, 6) is 0.0226. The highest BCUT2D eigenvalue weighted by molar-refractivity contribution is 6.30. The van der Waals surface area contributed by atoms with Gasteiger partial charge in [-0.2, -0.15) is 5.10 Å². The molecule has 1 aliphatic heterocycles. The Balaban J connectivity index is 1.73. The summed E-state index contributed by atoms with van der Waals surface area (Å²) in [7, 11) is 0. The normalized spacial score (nSPS) is 16.0. The van der Waals surface area contributed by atoms with Gasteiger partial charge >= 0.3 is 0 Å². The molecule has 112 valence electrons. The van der Waals surface area contributed by atoms with E-state index in [9.17, 15) is 9.90 Å². The molecule has 1 aromatic heterocycles. The standard InChI is InChI=1S/C16H14ClN3O2/c17-15-8-4-11(18-15)9-13-14(19-20-16(13)22)7-3-10-1-5-12(21)6-2-10/h1-2,4-6,8-9,18,21H,3,7H2,(H,20,22). The van der Waals surface area contributed by atoms with Crippen LogP contribution >= 0.6 is 11.6 Å². The van der Waals surface area contributed by atoms with E-state index in [1.54, 1.807) is 30.3 Å². The number of carbonyl (C=O) groups excluding carboxylic acids is 1. The zero-order chi connectivity index (χ0) is 15.5. The van der Waals surface area contributed by atoms with Crippen LogP contribution in [0.15, 0.2) is 47.1 Å². The zero-order valence-corrected chi connectivity index (χ0v) is 12.4. The molecule has 0 saturated carbocycles. The molecule has 1 aromatic carbocycles. The van der Waals surface area contributed by atoms with E-state index in [4.69, 9.17) is 11.6 Å². The van der Waals surface area contributed by atoms with Crippen molar-refractivity contribution in [2.24, 2.45) is 5.10 Å². The lowest BCUT2D eigenvalue weighted by Gasteiger charge is -2.02. The smallest absolute Gasteiger partial charge is 0.273 e. The van der Waals surface area contributed by atoms with Crippen molar-refractivity contribution < 1.29 is 9.90 Å². The van der Waals surface area contributed by atoms with Gasteiger partial charge in [-0.1, -0.05) is 23.7 Å². The van der Waals surface area contributed by atoms with Crippen LogP contribution in [-0.4, -0.2) is 21.7 Å². The molecule has 0 aliphatic carbocycles. The number of H-pyrrole nitrogens is 1. The molecular formula is C16H14ClN3O2. The van der Waals surface area contributed by atoms with Gasteiger partial charge in [-0.15, -0.1) is 0 Å². The highest BCUT2D eigenvalue weighted by Gasteiger charge is 2.22. The fraction of sp³-hybridized carbons (Fsp3) is 0.125. The number of nitrogens with zero attached hydrogens (tertiary/aromatic N) is 1. The summed E-state index contributed by atoms with van der Waals surface area (Å²) in [4.78, 5) is 14.8. The van der Waals surface area contributed by atoms with Crippen LogP contribution in [0.1, 0.15) is 17.7 Å². The lowest BCUT2D eigenvalue weighted by Crippen LogP contribution is -2.13. The number of hydrogen-bond acceptors (Lipinski definition) is 3. The third-order valence-electron chi connectivity index (χ3n) is 3.41. The Labute approximate surface area is 132 Å². The van der Waals surface area contributed by atoms with Crippen molar-refractivity contribution in [1.82, 2.24) is 10.4 Å². The number of aryl methyl sites for hydroxylation is 1. The molecule has 0 radical (unpaired) electrons. The van der Waals surface area contributed by atoms with Crippen LogP contribution in [0.4, 0.5) is 0 Å². The Morgan fingerprint density at radius 1 is 1.14 bits per heavy atom. The number of phenols is 1. The van der Waals surface area contributed by atoms with Crippen LogP contribution in [0, 0.1) is 0 Å². The number of carbonyl (C=O) groups is 1. The number of rotatable bonds is 4. The second-order valence-corrected chi connectivity index (χ2v) is 5.39. The number of aromatic nitrogens is 1.